The Labute approximate surface area is 186 Å². The van der Waals surface area contributed by atoms with Crippen LogP contribution in [0.4, 0.5) is 17.5 Å². The molecule has 1 aromatic rings. The summed E-state index contributed by atoms with van der Waals surface area (Å²) in [6, 6.07) is 2.00. The molecule has 0 aromatic carbocycles. The molecule has 0 bridgehead atoms. The second-order valence-corrected chi connectivity index (χ2v) is 8.69. The molecule has 2 rings (SSSR count). The predicted octanol–water partition coefficient (Wildman–Crippen LogP) is 0.606. The van der Waals surface area contributed by atoms with Crippen molar-refractivity contribution in [2.75, 3.05) is 29.6 Å². The number of nitrogen functional groups attached to an aromatic ring is 1. The first-order valence-electron chi connectivity index (χ1n) is 10.1. The Morgan fingerprint density at radius 3 is 2.91 bits per heavy atom. The molecule has 0 saturated carbocycles. The zero-order valence-electron chi connectivity index (χ0n) is 17.8. The van der Waals surface area contributed by atoms with Crippen LogP contribution in [0, 0.1) is 17.2 Å². The summed E-state index contributed by atoms with van der Waals surface area (Å²) in [5.41, 5.74) is 4.70. The molecule has 1 amide bonds. The molecular weight excluding hydrogens is 443 g/mol. The van der Waals surface area contributed by atoms with Crippen LogP contribution in [0.1, 0.15) is 33.1 Å². The van der Waals surface area contributed by atoms with Crippen LogP contribution in [0.2, 0.25) is 0 Å². The van der Waals surface area contributed by atoms with Crippen molar-refractivity contribution in [3.05, 3.63) is 10.4 Å². The summed E-state index contributed by atoms with van der Waals surface area (Å²) in [5.74, 6) is -0.712. The van der Waals surface area contributed by atoms with Gasteiger partial charge in [-0.05, 0) is 12.8 Å². The number of aromatic amines is 1. The highest BCUT2D eigenvalue weighted by atomic mass is 31.1. The molecule has 1 fully saturated rings. The average molecular weight is 472 g/mol. The summed E-state index contributed by atoms with van der Waals surface area (Å²) in [5, 5.41) is 32.4. The third-order valence-electron chi connectivity index (χ3n) is 4.73. The molecule has 13 nitrogen and oxygen atoms in total. The van der Waals surface area contributed by atoms with E-state index < -0.39 is 24.0 Å². The van der Waals surface area contributed by atoms with E-state index in [9.17, 15) is 14.7 Å². The van der Waals surface area contributed by atoms with Gasteiger partial charge in [-0.15, -0.1) is 0 Å². The predicted molar refractivity (Wildman–Crippen MR) is 117 cm³/mol. The van der Waals surface area contributed by atoms with Crippen molar-refractivity contribution < 1.29 is 29.3 Å². The maximum absolute atomic E-state index is 12.2. The van der Waals surface area contributed by atoms with E-state index in [0.29, 0.717) is 12.8 Å². The van der Waals surface area contributed by atoms with Gasteiger partial charge in [0.1, 0.15) is 11.9 Å². The third kappa shape index (κ3) is 7.37. The van der Waals surface area contributed by atoms with Crippen LogP contribution in [-0.4, -0.2) is 63.5 Å². The van der Waals surface area contributed by atoms with Crippen LogP contribution in [-0.2, 0) is 18.9 Å². The minimum absolute atomic E-state index is 0.00868. The SMILES string of the molecule is CC(C)C(=O)Nc1nc(NC2OC(COC(CO)CCC#N)CC2POO)c(N)c(=O)[nH]1. The fourth-order valence-corrected chi connectivity index (χ4v) is 3.71. The lowest BCUT2D eigenvalue weighted by atomic mass is 10.2. The van der Waals surface area contributed by atoms with E-state index in [0.717, 1.165) is 0 Å². The van der Waals surface area contributed by atoms with Crippen LogP contribution < -0.4 is 21.9 Å². The largest absolute Gasteiger partial charge is 0.394 e. The second-order valence-electron chi connectivity index (χ2n) is 7.53. The Hall–Kier alpha value is -2.33. The number of H-pyrrole nitrogens is 1. The Kier molecular flexibility index (Phi) is 10.2. The lowest BCUT2D eigenvalue weighted by molar-refractivity contribution is -0.124. The van der Waals surface area contributed by atoms with Gasteiger partial charge in [0.05, 0.1) is 46.0 Å². The number of nitrogens with zero attached hydrogens (tertiary/aromatic N) is 2. The molecule has 5 unspecified atom stereocenters. The normalized spacial score (nSPS) is 21.7. The maximum atomic E-state index is 12.2. The van der Waals surface area contributed by atoms with E-state index in [1.165, 1.54) is 0 Å². The Morgan fingerprint density at radius 1 is 1.53 bits per heavy atom. The quantitative estimate of drug-likeness (QED) is 0.141. The van der Waals surface area contributed by atoms with Crippen molar-refractivity contribution >= 4 is 32.2 Å². The molecule has 2 heterocycles. The number of ether oxygens (including phenoxy) is 2. The summed E-state index contributed by atoms with van der Waals surface area (Å²) < 4.78 is 15.9. The Balaban J connectivity index is 2.09. The Bertz CT molecular complexity index is 861. The standard InChI is InChI=1S/C18H29N6O7P/c1-9(2)15(26)23-18-22-14(13(20)16(27)24-18)21-17-12(32-31-28)6-11(30-17)8-29-10(7-25)4-3-5-19/h9-12,17,25,28,32H,3-4,6-8,20H2,1-2H3,(H3,21,22,23,24,26,27). The second kappa shape index (κ2) is 12.6. The average Bonchev–Trinajstić information content (AvgIpc) is 3.13. The van der Waals surface area contributed by atoms with Gasteiger partial charge in [-0.1, -0.05) is 13.8 Å². The summed E-state index contributed by atoms with van der Waals surface area (Å²) in [6.45, 7) is 3.31. The van der Waals surface area contributed by atoms with Crippen LogP contribution in [0.15, 0.2) is 4.79 Å². The molecule has 1 saturated heterocycles. The number of nitrogens with one attached hydrogen (secondary N) is 3. The van der Waals surface area contributed by atoms with Gasteiger partial charge >= 0.3 is 0 Å². The number of nitrogens with two attached hydrogens (primary N) is 1. The van der Waals surface area contributed by atoms with Gasteiger partial charge < -0.3 is 25.6 Å². The summed E-state index contributed by atoms with van der Waals surface area (Å²) >= 11 is 0. The fraction of sp³-hybridized carbons (Fsp3) is 0.667. The number of aliphatic hydroxyl groups excluding tert-OH is 1. The van der Waals surface area contributed by atoms with Crippen molar-refractivity contribution in [1.29, 1.82) is 5.26 Å². The number of nitriles is 1. The number of aliphatic hydroxyl groups is 1. The topological polar surface area (TPSA) is 205 Å². The maximum Gasteiger partial charge on any atom is 0.277 e. The molecule has 178 valence electrons. The minimum Gasteiger partial charge on any atom is -0.394 e. The van der Waals surface area contributed by atoms with Gasteiger partial charge in [-0.25, -0.2) is 9.93 Å². The molecule has 1 aromatic heterocycles. The smallest absolute Gasteiger partial charge is 0.277 e. The van der Waals surface area contributed by atoms with Gasteiger partial charge in [0.25, 0.3) is 5.56 Å². The highest BCUT2D eigenvalue weighted by Crippen LogP contribution is 2.36. The lowest BCUT2D eigenvalue weighted by Crippen LogP contribution is -2.31. The van der Waals surface area contributed by atoms with Crippen LogP contribution in [0.25, 0.3) is 0 Å². The number of hydrogen-bond donors (Lipinski definition) is 6. The number of anilines is 3. The third-order valence-corrected chi connectivity index (χ3v) is 5.67. The van der Waals surface area contributed by atoms with E-state index in [1.54, 1.807) is 13.8 Å². The van der Waals surface area contributed by atoms with Crippen molar-refractivity contribution in [3.8, 4) is 6.07 Å². The van der Waals surface area contributed by atoms with Gasteiger partial charge in [0, 0.05) is 12.3 Å². The lowest BCUT2D eigenvalue weighted by Gasteiger charge is -2.21. The number of aromatic nitrogens is 2. The molecule has 1 aliphatic heterocycles. The molecule has 0 aliphatic carbocycles. The van der Waals surface area contributed by atoms with Crippen molar-refractivity contribution in [1.82, 2.24) is 9.97 Å². The molecule has 5 atom stereocenters. The van der Waals surface area contributed by atoms with Gasteiger partial charge in [-0.2, -0.15) is 10.2 Å². The van der Waals surface area contributed by atoms with Crippen molar-refractivity contribution in [2.45, 2.75) is 57.2 Å². The number of carbonyl (C=O) groups excluding carboxylic acids is 1. The number of carbonyl (C=O) groups is 1. The van der Waals surface area contributed by atoms with Crippen LogP contribution >= 0.6 is 8.81 Å². The van der Waals surface area contributed by atoms with Gasteiger partial charge in [-0.3, -0.25) is 19.9 Å². The highest BCUT2D eigenvalue weighted by molar-refractivity contribution is 7.33. The van der Waals surface area contributed by atoms with Gasteiger partial charge in [0.15, 0.2) is 5.82 Å². The molecule has 0 radical (unpaired) electrons. The van der Waals surface area contributed by atoms with Gasteiger partial charge in [0.2, 0.25) is 11.9 Å². The van der Waals surface area contributed by atoms with Crippen LogP contribution in [0.3, 0.4) is 0 Å². The fourth-order valence-electron chi connectivity index (χ4n) is 2.93. The number of amides is 1. The highest BCUT2D eigenvalue weighted by Gasteiger charge is 2.37. The van der Waals surface area contributed by atoms with E-state index >= 15 is 0 Å². The summed E-state index contributed by atoms with van der Waals surface area (Å²) in [7, 11) is -0.334. The van der Waals surface area contributed by atoms with Crippen LogP contribution in [0.5, 0.6) is 0 Å². The molecule has 0 spiro atoms. The monoisotopic (exact) mass is 472 g/mol. The molecule has 7 N–H and O–H groups in total. The first kappa shape index (κ1) is 25.9. The van der Waals surface area contributed by atoms with E-state index in [1.807, 2.05) is 6.07 Å². The van der Waals surface area contributed by atoms with Crippen molar-refractivity contribution in [2.24, 2.45) is 5.92 Å². The summed E-state index contributed by atoms with van der Waals surface area (Å²) in [4.78, 5) is 30.6. The number of hydrogen-bond acceptors (Lipinski definition) is 11. The van der Waals surface area contributed by atoms with Crippen molar-refractivity contribution in [3.63, 3.8) is 0 Å². The molecular formula is C18H29N6O7P. The zero-order valence-corrected chi connectivity index (χ0v) is 18.8. The van der Waals surface area contributed by atoms with E-state index in [4.69, 9.17) is 25.7 Å². The zero-order chi connectivity index (χ0) is 23.7. The molecule has 1 aliphatic rings. The Morgan fingerprint density at radius 2 is 2.28 bits per heavy atom. The summed E-state index contributed by atoms with van der Waals surface area (Å²) in [6.07, 6.45) is -0.507. The minimum atomic E-state index is -0.717. The first-order chi connectivity index (χ1) is 15.3. The van der Waals surface area contributed by atoms with E-state index in [2.05, 4.69) is 25.3 Å². The van der Waals surface area contributed by atoms with E-state index in [-0.39, 0.29) is 63.4 Å². The number of rotatable bonds is 12. The molecule has 32 heavy (non-hydrogen) atoms. The molecule has 14 heteroatoms. The first-order valence-corrected chi connectivity index (χ1v) is 11.1.